The summed E-state index contributed by atoms with van der Waals surface area (Å²) in [7, 11) is 1.38. The molecule has 1 amide bonds. The number of ether oxygens (including phenoxy) is 2. The van der Waals surface area contributed by atoms with Gasteiger partial charge in [-0.25, -0.2) is 9.18 Å². The van der Waals surface area contributed by atoms with Crippen molar-refractivity contribution in [3.8, 4) is 5.75 Å². The quantitative estimate of drug-likeness (QED) is 0.839. The summed E-state index contributed by atoms with van der Waals surface area (Å²) >= 11 is 5.96. The standard InChI is InChI=1S/C18H17ClFNO3/c1-23-16-10-9-15(19)14(17(16)20)8-5-11-21-18(22)24-12-13-6-3-2-4-7-13/h2-10H,11-12H2,1H3,(H,21,22). The number of rotatable bonds is 6. The second-order valence-corrected chi connectivity index (χ2v) is 5.23. The van der Waals surface area contributed by atoms with E-state index in [1.165, 1.54) is 19.3 Å². The largest absolute Gasteiger partial charge is 0.494 e. The van der Waals surface area contributed by atoms with Gasteiger partial charge < -0.3 is 14.8 Å². The highest BCUT2D eigenvalue weighted by molar-refractivity contribution is 6.32. The number of amides is 1. The van der Waals surface area contributed by atoms with Gasteiger partial charge in [0.1, 0.15) is 6.61 Å². The van der Waals surface area contributed by atoms with Crippen molar-refractivity contribution < 1.29 is 18.7 Å². The van der Waals surface area contributed by atoms with Crippen molar-refractivity contribution in [3.05, 3.63) is 70.5 Å². The Morgan fingerprint density at radius 3 is 2.71 bits per heavy atom. The molecule has 0 aliphatic rings. The number of alkyl carbamates (subject to hydrolysis) is 1. The van der Waals surface area contributed by atoms with Crippen LogP contribution in [0.3, 0.4) is 0 Å². The number of hydrogen-bond donors (Lipinski definition) is 1. The van der Waals surface area contributed by atoms with Crippen LogP contribution in [0.2, 0.25) is 5.02 Å². The fourth-order valence-electron chi connectivity index (χ4n) is 1.95. The van der Waals surface area contributed by atoms with Gasteiger partial charge in [-0.05, 0) is 17.7 Å². The van der Waals surface area contributed by atoms with Crippen LogP contribution in [0.15, 0.2) is 48.5 Å². The monoisotopic (exact) mass is 349 g/mol. The van der Waals surface area contributed by atoms with Crippen LogP contribution in [0.4, 0.5) is 9.18 Å². The van der Waals surface area contributed by atoms with Crippen LogP contribution in [-0.2, 0) is 11.3 Å². The van der Waals surface area contributed by atoms with E-state index in [4.69, 9.17) is 21.1 Å². The molecule has 4 nitrogen and oxygen atoms in total. The fourth-order valence-corrected chi connectivity index (χ4v) is 2.16. The molecule has 126 valence electrons. The number of carbonyl (C=O) groups is 1. The Morgan fingerprint density at radius 2 is 2.00 bits per heavy atom. The summed E-state index contributed by atoms with van der Waals surface area (Å²) in [4.78, 5) is 11.6. The molecule has 0 fully saturated rings. The molecule has 1 N–H and O–H groups in total. The second-order valence-electron chi connectivity index (χ2n) is 4.82. The molecule has 0 unspecified atom stereocenters. The zero-order chi connectivity index (χ0) is 17.4. The van der Waals surface area contributed by atoms with E-state index in [0.717, 1.165) is 5.56 Å². The summed E-state index contributed by atoms with van der Waals surface area (Å²) in [5, 5.41) is 2.81. The number of hydrogen-bond acceptors (Lipinski definition) is 3. The number of halogens is 2. The first-order valence-corrected chi connectivity index (χ1v) is 7.62. The maximum Gasteiger partial charge on any atom is 0.407 e. The summed E-state index contributed by atoms with van der Waals surface area (Å²) in [5.74, 6) is -0.442. The van der Waals surface area contributed by atoms with Gasteiger partial charge in [0.15, 0.2) is 11.6 Å². The zero-order valence-corrected chi connectivity index (χ0v) is 13.8. The van der Waals surface area contributed by atoms with Gasteiger partial charge in [0.05, 0.1) is 12.1 Å². The van der Waals surface area contributed by atoms with Crippen LogP contribution in [0, 0.1) is 5.82 Å². The molecule has 0 aliphatic carbocycles. The number of nitrogens with one attached hydrogen (secondary N) is 1. The van der Waals surface area contributed by atoms with E-state index in [2.05, 4.69) is 5.32 Å². The summed E-state index contributed by atoms with van der Waals surface area (Å²) in [6.45, 7) is 0.368. The lowest BCUT2D eigenvalue weighted by atomic mass is 10.2. The summed E-state index contributed by atoms with van der Waals surface area (Å²) in [5.41, 5.74) is 1.10. The van der Waals surface area contributed by atoms with Gasteiger partial charge in [0.25, 0.3) is 0 Å². The molecular weight excluding hydrogens is 333 g/mol. The van der Waals surface area contributed by atoms with Crippen molar-refractivity contribution in [2.45, 2.75) is 6.61 Å². The van der Waals surface area contributed by atoms with Gasteiger partial charge in [-0.15, -0.1) is 0 Å². The molecule has 0 bridgehead atoms. The Bertz CT molecular complexity index is 720. The van der Waals surface area contributed by atoms with Crippen LogP contribution in [0.1, 0.15) is 11.1 Å². The first-order chi connectivity index (χ1) is 11.6. The molecule has 2 aromatic rings. The first-order valence-electron chi connectivity index (χ1n) is 7.25. The van der Waals surface area contributed by atoms with Crippen molar-refractivity contribution in [2.24, 2.45) is 0 Å². The smallest absolute Gasteiger partial charge is 0.407 e. The van der Waals surface area contributed by atoms with Gasteiger partial charge in [-0.3, -0.25) is 0 Å². The minimum Gasteiger partial charge on any atom is -0.494 e. The second kappa shape index (κ2) is 8.93. The lowest BCUT2D eigenvalue weighted by molar-refractivity contribution is 0.141. The lowest BCUT2D eigenvalue weighted by Gasteiger charge is -2.07. The normalized spacial score (nSPS) is 10.6. The average Bonchev–Trinajstić information content (AvgIpc) is 2.60. The SMILES string of the molecule is COc1ccc(Cl)c(C=CCNC(=O)OCc2ccccc2)c1F. The highest BCUT2D eigenvalue weighted by Gasteiger charge is 2.10. The average molecular weight is 350 g/mol. The molecule has 0 aliphatic heterocycles. The van der Waals surface area contributed by atoms with Crippen molar-refractivity contribution in [1.29, 1.82) is 0 Å². The Kier molecular flexibility index (Phi) is 6.63. The summed E-state index contributed by atoms with van der Waals surface area (Å²) < 4.78 is 24.0. The molecule has 2 aromatic carbocycles. The van der Waals surface area contributed by atoms with Gasteiger partial charge in [-0.1, -0.05) is 54.1 Å². The molecule has 6 heteroatoms. The molecule has 24 heavy (non-hydrogen) atoms. The van der Waals surface area contributed by atoms with Gasteiger partial charge in [-0.2, -0.15) is 0 Å². The van der Waals surface area contributed by atoms with Crippen LogP contribution in [-0.4, -0.2) is 19.7 Å². The third kappa shape index (κ3) is 4.99. The predicted molar refractivity (Wildman–Crippen MR) is 91.6 cm³/mol. The number of carbonyl (C=O) groups excluding carboxylic acids is 1. The highest BCUT2D eigenvalue weighted by Crippen LogP contribution is 2.27. The van der Waals surface area contributed by atoms with Crippen LogP contribution in [0.25, 0.3) is 6.08 Å². The minimum atomic E-state index is -0.555. The molecule has 0 saturated heterocycles. The van der Waals surface area contributed by atoms with Crippen molar-refractivity contribution >= 4 is 23.8 Å². The fraction of sp³-hybridized carbons (Fsp3) is 0.167. The van der Waals surface area contributed by atoms with Gasteiger partial charge in [0, 0.05) is 12.1 Å². The highest BCUT2D eigenvalue weighted by atomic mass is 35.5. The molecule has 0 aromatic heterocycles. The van der Waals surface area contributed by atoms with E-state index in [1.807, 2.05) is 30.3 Å². The maximum absolute atomic E-state index is 14.1. The lowest BCUT2D eigenvalue weighted by Crippen LogP contribution is -2.24. The Morgan fingerprint density at radius 1 is 1.25 bits per heavy atom. The molecular formula is C18H17ClFNO3. The van der Waals surface area contributed by atoms with Crippen molar-refractivity contribution in [2.75, 3.05) is 13.7 Å². The minimum absolute atomic E-state index is 0.106. The molecule has 0 heterocycles. The van der Waals surface area contributed by atoms with E-state index >= 15 is 0 Å². The molecule has 0 atom stereocenters. The molecule has 0 saturated carbocycles. The van der Waals surface area contributed by atoms with Crippen molar-refractivity contribution in [3.63, 3.8) is 0 Å². The topological polar surface area (TPSA) is 47.6 Å². The number of methoxy groups -OCH3 is 1. The van der Waals surface area contributed by atoms with Crippen LogP contribution < -0.4 is 10.1 Å². The Balaban J connectivity index is 1.83. The predicted octanol–water partition coefficient (Wildman–Crippen LogP) is 4.43. The van der Waals surface area contributed by atoms with Crippen molar-refractivity contribution in [1.82, 2.24) is 5.32 Å². The van der Waals surface area contributed by atoms with Gasteiger partial charge >= 0.3 is 6.09 Å². The molecule has 0 radical (unpaired) electrons. The van der Waals surface area contributed by atoms with E-state index in [9.17, 15) is 9.18 Å². The van der Waals surface area contributed by atoms with E-state index in [0.29, 0.717) is 0 Å². The first kappa shape index (κ1) is 17.8. The molecule has 2 rings (SSSR count). The summed E-state index contributed by atoms with van der Waals surface area (Å²) in [6, 6.07) is 12.3. The number of benzene rings is 2. The van der Waals surface area contributed by atoms with E-state index in [1.54, 1.807) is 12.1 Å². The Labute approximate surface area is 144 Å². The summed E-state index contributed by atoms with van der Waals surface area (Å²) in [6.07, 6.45) is 2.51. The van der Waals surface area contributed by atoms with E-state index in [-0.39, 0.29) is 29.5 Å². The zero-order valence-electron chi connectivity index (χ0n) is 13.1. The van der Waals surface area contributed by atoms with Crippen LogP contribution in [0.5, 0.6) is 5.75 Å². The van der Waals surface area contributed by atoms with Gasteiger partial charge in [0.2, 0.25) is 0 Å². The third-order valence-electron chi connectivity index (χ3n) is 3.17. The maximum atomic E-state index is 14.1. The molecule has 0 spiro atoms. The Hall–Kier alpha value is -2.53. The van der Waals surface area contributed by atoms with Crippen LogP contribution >= 0.6 is 11.6 Å². The third-order valence-corrected chi connectivity index (χ3v) is 3.50. The van der Waals surface area contributed by atoms with E-state index < -0.39 is 11.9 Å².